The lowest BCUT2D eigenvalue weighted by atomic mass is 10.1. The summed E-state index contributed by atoms with van der Waals surface area (Å²) in [6, 6.07) is 13.9. The Morgan fingerprint density at radius 3 is 2.40 bits per heavy atom. The highest BCUT2D eigenvalue weighted by atomic mass is 32.2. The molecule has 1 atom stereocenters. The van der Waals surface area contributed by atoms with Crippen LogP contribution in [-0.2, 0) is 14.8 Å². The second-order valence-corrected chi connectivity index (χ2v) is 8.10. The number of rotatable bonds is 7. The van der Waals surface area contributed by atoms with Gasteiger partial charge in [0.25, 0.3) is 0 Å². The lowest BCUT2D eigenvalue weighted by molar-refractivity contribution is -0.114. The Morgan fingerprint density at radius 1 is 1.16 bits per heavy atom. The third-order valence-electron chi connectivity index (χ3n) is 3.70. The molecule has 134 valence electrons. The first-order valence-electron chi connectivity index (χ1n) is 7.90. The molecule has 0 radical (unpaired) electrons. The first kappa shape index (κ1) is 19.5. The highest BCUT2D eigenvalue weighted by molar-refractivity contribution is 7.98. The minimum atomic E-state index is -3.71. The fourth-order valence-electron chi connectivity index (χ4n) is 2.47. The van der Waals surface area contributed by atoms with E-state index >= 15 is 0 Å². The monoisotopic (exact) mass is 378 g/mol. The molecule has 0 unspecified atom stereocenters. The van der Waals surface area contributed by atoms with Gasteiger partial charge < -0.3 is 5.32 Å². The molecular weight excluding hydrogens is 356 g/mol. The molecule has 5 nitrogen and oxygen atoms in total. The lowest BCUT2D eigenvalue weighted by Gasteiger charge is -2.18. The predicted octanol–water partition coefficient (Wildman–Crippen LogP) is 3.80. The van der Waals surface area contributed by atoms with Crippen LogP contribution in [0, 0.1) is 0 Å². The average Bonchev–Trinajstić information content (AvgIpc) is 2.60. The zero-order valence-electron chi connectivity index (χ0n) is 14.4. The summed E-state index contributed by atoms with van der Waals surface area (Å²) in [7, 11) is -3.71. The first-order chi connectivity index (χ1) is 11.9. The van der Waals surface area contributed by atoms with Gasteiger partial charge in [-0.2, -0.15) is 0 Å². The molecule has 0 fully saturated rings. The number of benzene rings is 2. The van der Waals surface area contributed by atoms with Crippen LogP contribution >= 0.6 is 11.8 Å². The number of nitrogens with one attached hydrogen (secondary N) is 2. The largest absolute Gasteiger partial charge is 0.325 e. The summed E-state index contributed by atoms with van der Waals surface area (Å²) < 4.78 is 28.3. The predicted molar refractivity (Wildman–Crippen MR) is 102 cm³/mol. The van der Waals surface area contributed by atoms with Crippen LogP contribution in [0.3, 0.4) is 0 Å². The Hall–Kier alpha value is -1.83. The second-order valence-electron chi connectivity index (χ2n) is 5.54. The van der Waals surface area contributed by atoms with Crippen molar-refractivity contribution in [2.45, 2.75) is 36.1 Å². The maximum absolute atomic E-state index is 12.8. The molecule has 0 spiro atoms. The van der Waals surface area contributed by atoms with Crippen molar-refractivity contribution in [1.29, 1.82) is 0 Å². The van der Waals surface area contributed by atoms with Gasteiger partial charge in [0.05, 0.1) is 10.6 Å². The first-order valence-corrected chi connectivity index (χ1v) is 10.6. The molecule has 0 aliphatic rings. The number of hydrogen-bond donors (Lipinski definition) is 2. The fourth-order valence-corrected chi connectivity index (χ4v) is 4.34. The maximum atomic E-state index is 12.8. The van der Waals surface area contributed by atoms with Gasteiger partial charge in [0, 0.05) is 17.9 Å². The van der Waals surface area contributed by atoms with Crippen LogP contribution in [0.25, 0.3) is 0 Å². The molecular formula is C18H22N2O3S2. The van der Waals surface area contributed by atoms with E-state index in [4.69, 9.17) is 0 Å². The molecule has 2 rings (SSSR count). The van der Waals surface area contributed by atoms with Crippen molar-refractivity contribution < 1.29 is 13.2 Å². The van der Waals surface area contributed by atoms with Gasteiger partial charge in [-0.15, -0.1) is 11.8 Å². The molecule has 1 amide bonds. The Kier molecular flexibility index (Phi) is 6.64. The van der Waals surface area contributed by atoms with E-state index in [1.165, 1.54) is 24.8 Å². The van der Waals surface area contributed by atoms with E-state index in [0.29, 0.717) is 12.1 Å². The van der Waals surface area contributed by atoms with Crippen LogP contribution in [-0.4, -0.2) is 20.6 Å². The van der Waals surface area contributed by atoms with E-state index in [-0.39, 0.29) is 16.8 Å². The van der Waals surface area contributed by atoms with Gasteiger partial charge in [-0.1, -0.05) is 37.3 Å². The zero-order valence-corrected chi connectivity index (χ0v) is 16.1. The van der Waals surface area contributed by atoms with Crippen LogP contribution in [0.5, 0.6) is 0 Å². The van der Waals surface area contributed by atoms with E-state index in [0.717, 1.165) is 10.5 Å². The van der Waals surface area contributed by atoms with E-state index in [1.807, 2.05) is 43.5 Å². The lowest BCUT2D eigenvalue weighted by Crippen LogP contribution is -2.28. The summed E-state index contributed by atoms with van der Waals surface area (Å²) in [5.41, 5.74) is 1.41. The van der Waals surface area contributed by atoms with Crippen molar-refractivity contribution in [3.63, 3.8) is 0 Å². The zero-order chi connectivity index (χ0) is 18.4. The molecule has 0 heterocycles. The number of hydrogen-bond acceptors (Lipinski definition) is 4. The third-order valence-corrected chi connectivity index (χ3v) is 5.96. The van der Waals surface area contributed by atoms with E-state index in [1.54, 1.807) is 12.1 Å². The Labute approximate surface area is 153 Å². The van der Waals surface area contributed by atoms with Crippen molar-refractivity contribution in [1.82, 2.24) is 4.72 Å². The number of carbonyl (C=O) groups is 1. The number of sulfonamides is 1. The highest BCUT2D eigenvalue weighted by Gasteiger charge is 2.21. The SMILES string of the molecule is CC[C@H](NS(=O)(=O)c1ccc(SC)c(NC(C)=O)c1)c1ccccc1. The van der Waals surface area contributed by atoms with Gasteiger partial charge >= 0.3 is 0 Å². The quantitative estimate of drug-likeness (QED) is 0.719. The third kappa shape index (κ3) is 5.07. The summed E-state index contributed by atoms with van der Waals surface area (Å²) >= 11 is 1.44. The topological polar surface area (TPSA) is 75.3 Å². The number of anilines is 1. The summed E-state index contributed by atoms with van der Waals surface area (Å²) in [5, 5.41) is 2.68. The van der Waals surface area contributed by atoms with Crippen molar-refractivity contribution in [3.05, 3.63) is 54.1 Å². The summed E-state index contributed by atoms with van der Waals surface area (Å²) in [6.45, 7) is 3.33. The van der Waals surface area contributed by atoms with Crippen LogP contribution < -0.4 is 10.0 Å². The molecule has 0 saturated heterocycles. The smallest absolute Gasteiger partial charge is 0.241 e. The summed E-state index contributed by atoms with van der Waals surface area (Å²) in [6.07, 6.45) is 2.50. The number of thioether (sulfide) groups is 1. The van der Waals surface area contributed by atoms with E-state index in [9.17, 15) is 13.2 Å². The van der Waals surface area contributed by atoms with Crippen LogP contribution in [0.2, 0.25) is 0 Å². The molecule has 0 saturated carbocycles. The van der Waals surface area contributed by atoms with Gasteiger partial charge in [-0.05, 0) is 36.4 Å². The van der Waals surface area contributed by atoms with Gasteiger partial charge in [-0.3, -0.25) is 4.79 Å². The normalized spacial score (nSPS) is 12.6. The molecule has 25 heavy (non-hydrogen) atoms. The minimum Gasteiger partial charge on any atom is -0.325 e. The molecule has 2 aromatic carbocycles. The molecule has 0 aromatic heterocycles. The average molecular weight is 379 g/mol. The van der Waals surface area contributed by atoms with Crippen molar-refractivity contribution in [2.24, 2.45) is 0 Å². The number of amides is 1. The Morgan fingerprint density at radius 2 is 1.84 bits per heavy atom. The van der Waals surface area contributed by atoms with E-state index < -0.39 is 10.0 Å². The van der Waals surface area contributed by atoms with Crippen LogP contribution in [0.1, 0.15) is 31.9 Å². The Bertz CT molecular complexity index is 837. The minimum absolute atomic E-state index is 0.128. The number of carbonyl (C=O) groups excluding carboxylic acids is 1. The highest BCUT2D eigenvalue weighted by Crippen LogP contribution is 2.29. The van der Waals surface area contributed by atoms with Gasteiger partial charge in [0.15, 0.2) is 0 Å². The molecule has 0 aliphatic heterocycles. The van der Waals surface area contributed by atoms with Gasteiger partial charge in [0.2, 0.25) is 15.9 Å². The van der Waals surface area contributed by atoms with Crippen LogP contribution in [0.4, 0.5) is 5.69 Å². The summed E-state index contributed by atoms with van der Waals surface area (Å²) in [5.74, 6) is -0.242. The summed E-state index contributed by atoms with van der Waals surface area (Å²) in [4.78, 5) is 12.3. The maximum Gasteiger partial charge on any atom is 0.241 e. The standard InChI is InChI=1S/C18H22N2O3S2/c1-4-16(14-8-6-5-7-9-14)20-25(22,23)15-10-11-18(24-3)17(12-15)19-13(2)21/h5-12,16,20H,4H2,1-3H3,(H,19,21)/t16-/m0/s1. The fraction of sp³-hybridized carbons (Fsp3) is 0.278. The van der Waals surface area contributed by atoms with Crippen molar-refractivity contribution in [3.8, 4) is 0 Å². The van der Waals surface area contributed by atoms with Gasteiger partial charge in [-0.25, -0.2) is 13.1 Å². The molecule has 2 N–H and O–H groups in total. The molecule has 0 bridgehead atoms. The second kappa shape index (κ2) is 8.51. The Balaban J connectivity index is 2.34. The van der Waals surface area contributed by atoms with E-state index in [2.05, 4.69) is 10.0 Å². The molecule has 2 aromatic rings. The molecule has 7 heteroatoms. The van der Waals surface area contributed by atoms with Gasteiger partial charge in [0.1, 0.15) is 0 Å². The van der Waals surface area contributed by atoms with Crippen LogP contribution in [0.15, 0.2) is 58.3 Å². The van der Waals surface area contributed by atoms with Crippen molar-refractivity contribution >= 4 is 33.4 Å². The molecule has 0 aliphatic carbocycles. The van der Waals surface area contributed by atoms with Crippen molar-refractivity contribution in [2.75, 3.05) is 11.6 Å².